The van der Waals surface area contributed by atoms with Crippen LogP contribution >= 0.6 is 11.8 Å². The molecule has 1 aliphatic rings. The summed E-state index contributed by atoms with van der Waals surface area (Å²) >= 11 is 1.73. The summed E-state index contributed by atoms with van der Waals surface area (Å²) in [7, 11) is 1.67. The molecular formula is C16H23NO2S. The molecular weight excluding hydrogens is 270 g/mol. The summed E-state index contributed by atoms with van der Waals surface area (Å²) in [6.45, 7) is 1.90. The highest BCUT2D eigenvalue weighted by molar-refractivity contribution is 7.99. The van der Waals surface area contributed by atoms with Gasteiger partial charge in [-0.25, -0.2) is 0 Å². The molecule has 1 aromatic carbocycles. The number of nitrogens with zero attached hydrogens (tertiary/aromatic N) is 1. The molecule has 1 saturated heterocycles. The number of carbonyl (C=O) groups is 1. The van der Waals surface area contributed by atoms with E-state index in [1.807, 2.05) is 29.2 Å². The highest BCUT2D eigenvalue weighted by Crippen LogP contribution is 2.22. The van der Waals surface area contributed by atoms with E-state index in [2.05, 4.69) is 0 Å². The zero-order valence-electron chi connectivity index (χ0n) is 12.1. The summed E-state index contributed by atoms with van der Waals surface area (Å²) in [5, 5.41) is 0. The van der Waals surface area contributed by atoms with E-state index in [0.717, 1.165) is 37.4 Å². The number of carbonyl (C=O) groups excluding carboxylic acids is 1. The lowest BCUT2D eigenvalue weighted by molar-refractivity contribution is -0.130. The van der Waals surface area contributed by atoms with Crippen molar-refractivity contribution in [1.29, 1.82) is 0 Å². The summed E-state index contributed by atoms with van der Waals surface area (Å²) in [5.74, 6) is 2.03. The Morgan fingerprint density at radius 3 is 2.40 bits per heavy atom. The first-order valence-corrected chi connectivity index (χ1v) is 8.33. The lowest BCUT2D eigenvalue weighted by Gasteiger charge is -2.20. The van der Waals surface area contributed by atoms with Crippen LogP contribution in [0.5, 0.6) is 5.75 Å². The molecule has 0 unspecified atom stereocenters. The van der Waals surface area contributed by atoms with Gasteiger partial charge in [-0.2, -0.15) is 0 Å². The lowest BCUT2D eigenvalue weighted by atomic mass is 10.2. The molecule has 1 aliphatic heterocycles. The maximum atomic E-state index is 12.1. The molecule has 0 spiro atoms. The van der Waals surface area contributed by atoms with Crippen molar-refractivity contribution in [2.24, 2.45) is 0 Å². The van der Waals surface area contributed by atoms with Gasteiger partial charge < -0.3 is 9.64 Å². The van der Waals surface area contributed by atoms with E-state index < -0.39 is 0 Å². The monoisotopic (exact) mass is 293 g/mol. The summed E-state index contributed by atoms with van der Waals surface area (Å²) < 4.78 is 5.13. The largest absolute Gasteiger partial charge is 0.497 e. The fourth-order valence-electron chi connectivity index (χ4n) is 2.41. The van der Waals surface area contributed by atoms with Gasteiger partial charge in [0.2, 0.25) is 5.91 Å². The number of benzene rings is 1. The summed E-state index contributed by atoms with van der Waals surface area (Å²) in [6.07, 6.45) is 5.50. The Bertz CT molecular complexity index is 411. The van der Waals surface area contributed by atoms with Crippen molar-refractivity contribution < 1.29 is 9.53 Å². The molecule has 0 atom stereocenters. The highest BCUT2D eigenvalue weighted by Gasteiger charge is 2.14. The van der Waals surface area contributed by atoms with Gasteiger partial charge in [0.15, 0.2) is 0 Å². The predicted molar refractivity (Wildman–Crippen MR) is 83.4 cm³/mol. The lowest BCUT2D eigenvalue weighted by Crippen LogP contribution is -2.31. The number of hydrogen-bond donors (Lipinski definition) is 0. The predicted octanol–water partition coefficient (Wildman–Crippen LogP) is 3.58. The third-order valence-corrected chi connectivity index (χ3v) is 4.62. The van der Waals surface area contributed by atoms with Gasteiger partial charge in [0.1, 0.15) is 5.75 Å². The van der Waals surface area contributed by atoms with Crippen molar-refractivity contribution in [3.63, 3.8) is 0 Å². The zero-order valence-corrected chi connectivity index (χ0v) is 13.0. The zero-order chi connectivity index (χ0) is 14.2. The van der Waals surface area contributed by atoms with E-state index in [1.165, 1.54) is 17.7 Å². The van der Waals surface area contributed by atoms with Gasteiger partial charge >= 0.3 is 0 Å². The molecule has 20 heavy (non-hydrogen) atoms. The second-order valence-electron chi connectivity index (χ2n) is 5.07. The molecule has 0 aromatic heterocycles. The number of likely N-dealkylation sites (tertiary alicyclic amines) is 1. The molecule has 0 radical (unpaired) electrons. The summed E-state index contributed by atoms with van der Waals surface area (Å²) in [4.78, 5) is 15.4. The van der Waals surface area contributed by atoms with Crippen LogP contribution in [-0.2, 0) is 4.79 Å². The van der Waals surface area contributed by atoms with E-state index in [0.29, 0.717) is 12.3 Å². The van der Waals surface area contributed by atoms with Crippen LogP contribution in [0, 0.1) is 0 Å². The van der Waals surface area contributed by atoms with Gasteiger partial charge in [-0.1, -0.05) is 12.8 Å². The number of hydrogen-bond acceptors (Lipinski definition) is 3. The second-order valence-corrected chi connectivity index (χ2v) is 6.24. The topological polar surface area (TPSA) is 29.5 Å². The van der Waals surface area contributed by atoms with Crippen molar-refractivity contribution in [2.75, 3.05) is 26.0 Å². The number of thioether (sulfide) groups is 1. The Balaban J connectivity index is 1.72. The van der Waals surface area contributed by atoms with E-state index >= 15 is 0 Å². The molecule has 4 heteroatoms. The number of methoxy groups -OCH3 is 1. The molecule has 110 valence electrons. The fraction of sp³-hybridized carbons (Fsp3) is 0.562. The molecule has 0 saturated carbocycles. The van der Waals surface area contributed by atoms with Gasteiger partial charge in [0.25, 0.3) is 0 Å². The third kappa shape index (κ3) is 4.75. The first kappa shape index (κ1) is 15.2. The molecule has 3 nitrogen and oxygen atoms in total. The number of amides is 1. The standard InChI is InChI=1S/C16H23NO2S/c1-19-14-6-8-15(9-7-14)20-13-10-16(18)17-11-4-2-3-5-12-17/h6-9H,2-5,10-13H2,1H3. The van der Waals surface area contributed by atoms with Gasteiger partial charge in [-0.3, -0.25) is 4.79 Å². The normalized spacial score (nSPS) is 15.8. The van der Waals surface area contributed by atoms with E-state index in [4.69, 9.17) is 4.74 Å². The van der Waals surface area contributed by atoms with E-state index in [1.54, 1.807) is 18.9 Å². The van der Waals surface area contributed by atoms with Gasteiger partial charge in [-0.15, -0.1) is 11.8 Å². The first-order chi connectivity index (χ1) is 9.79. The van der Waals surface area contributed by atoms with Crippen LogP contribution in [0.1, 0.15) is 32.1 Å². The highest BCUT2D eigenvalue weighted by atomic mass is 32.2. The first-order valence-electron chi connectivity index (χ1n) is 7.34. The Morgan fingerprint density at radius 2 is 1.80 bits per heavy atom. The molecule has 1 fully saturated rings. The van der Waals surface area contributed by atoms with Crippen molar-refractivity contribution in [1.82, 2.24) is 4.90 Å². The smallest absolute Gasteiger partial charge is 0.223 e. The van der Waals surface area contributed by atoms with Crippen LogP contribution in [0.2, 0.25) is 0 Å². The molecule has 2 rings (SSSR count). The Morgan fingerprint density at radius 1 is 1.15 bits per heavy atom. The van der Waals surface area contributed by atoms with Crippen molar-refractivity contribution in [2.45, 2.75) is 37.0 Å². The third-order valence-electron chi connectivity index (χ3n) is 3.60. The minimum Gasteiger partial charge on any atom is -0.497 e. The number of rotatable bonds is 5. The minimum atomic E-state index is 0.313. The van der Waals surface area contributed by atoms with Crippen molar-refractivity contribution in [3.8, 4) is 5.75 Å². The number of ether oxygens (including phenoxy) is 1. The van der Waals surface area contributed by atoms with Crippen LogP contribution in [-0.4, -0.2) is 36.8 Å². The molecule has 1 heterocycles. The summed E-state index contributed by atoms with van der Waals surface area (Å²) in [5.41, 5.74) is 0. The SMILES string of the molecule is COc1ccc(SCCC(=O)N2CCCCCC2)cc1. The molecule has 0 N–H and O–H groups in total. The van der Waals surface area contributed by atoms with Crippen LogP contribution in [0.4, 0.5) is 0 Å². The fourth-order valence-corrected chi connectivity index (χ4v) is 3.25. The van der Waals surface area contributed by atoms with E-state index in [-0.39, 0.29) is 0 Å². The maximum Gasteiger partial charge on any atom is 0.223 e. The molecule has 1 aromatic rings. The molecule has 0 bridgehead atoms. The second kappa shape index (κ2) is 8.20. The van der Waals surface area contributed by atoms with Gasteiger partial charge in [0, 0.05) is 30.2 Å². The van der Waals surface area contributed by atoms with Crippen LogP contribution in [0.25, 0.3) is 0 Å². The molecule has 1 amide bonds. The van der Waals surface area contributed by atoms with Crippen LogP contribution < -0.4 is 4.74 Å². The quantitative estimate of drug-likeness (QED) is 0.777. The maximum absolute atomic E-state index is 12.1. The minimum absolute atomic E-state index is 0.313. The Kier molecular flexibility index (Phi) is 6.25. The van der Waals surface area contributed by atoms with Gasteiger partial charge in [0.05, 0.1) is 7.11 Å². The Labute approximate surface area is 125 Å². The van der Waals surface area contributed by atoms with Gasteiger partial charge in [-0.05, 0) is 37.1 Å². The van der Waals surface area contributed by atoms with Crippen LogP contribution in [0.3, 0.4) is 0 Å². The average Bonchev–Trinajstić information content (AvgIpc) is 2.77. The average molecular weight is 293 g/mol. The van der Waals surface area contributed by atoms with Crippen molar-refractivity contribution in [3.05, 3.63) is 24.3 Å². The summed E-state index contributed by atoms with van der Waals surface area (Å²) in [6, 6.07) is 8.00. The Hall–Kier alpha value is -1.16. The molecule has 0 aliphatic carbocycles. The van der Waals surface area contributed by atoms with Crippen molar-refractivity contribution >= 4 is 17.7 Å². The van der Waals surface area contributed by atoms with Crippen LogP contribution in [0.15, 0.2) is 29.2 Å². The van der Waals surface area contributed by atoms with E-state index in [9.17, 15) is 4.79 Å².